The lowest BCUT2D eigenvalue weighted by Gasteiger charge is -2.04. The van der Waals surface area contributed by atoms with Crippen molar-refractivity contribution in [3.63, 3.8) is 0 Å². The van der Waals surface area contributed by atoms with Gasteiger partial charge in [0, 0.05) is 11.1 Å². The summed E-state index contributed by atoms with van der Waals surface area (Å²) in [5.74, 6) is -11.9. The number of carbonyl (C=O) groups excluding carboxylic acids is 1. The number of amides is 1. The predicted molar refractivity (Wildman–Crippen MR) is 103 cm³/mol. The molecule has 0 aliphatic carbocycles. The average molecular weight is 444 g/mol. The fraction of sp³-hybridized carbons (Fsp3) is 0. The van der Waals surface area contributed by atoms with Crippen LogP contribution in [-0.4, -0.2) is 10.9 Å². The molecule has 160 valence electrons. The molecule has 1 N–H and O–H groups in total. The van der Waals surface area contributed by atoms with Gasteiger partial charge in [0.2, 0.25) is 11.7 Å². The molecule has 1 amide bonds. The van der Waals surface area contributed by atoms with E-state index in [1.807, 2.05) is 0 Å². The Kier molecular flexibility index (Phi) is 4.43. The van der Waals surface area contributed by atoms with E-state index in [-0.39, 0.29) is 22.5 Å². The number of aromatic nitrogens is 1. The Morgan fingerprint density at radius 1 is 0.781 bits per heavy atom. The summed E-state index contributed by atoms with van der Waals surface area (Å²) in [6.45, 7) is 0. The highest BCUT2D eigenvalue weighted by Gasteiger charge is 2.29. The summed E-state index contributed by atoms with van der Waals surface area (Å²) >= 11 is 0. The van der Waals surface area contributed by atoms with Gasteiger partial charge in [-0.15, -0.1) is 0 Å². The van der Waals surface area contributed by atoms with E-state index < -0.39 is 46.4 Å². The number of nitrogens with zero attached hydrogens (tertiary/aromatic N) is 1. The van der Waals surface area contributed by atoms with E-state index in [1.165, 1.54) is 18.2 Å². The SMILES string of the molecule is O=C(Nc1ccc2oc(-c3c(F)c(F)c(F)c(F)c3F)nc2c1)c1cc2ccccc2o1. The second-order valence-corrected chi connectivity index (χ2v) is 6.75. The Morgan fingerprint density at radius 3 is 2.19 bits per heavy atom. The zero-order valence-corrected chi connectivity index (χ0v) is 15.7. The van der Waals surface area contributed by atoms with Crippen molar-refractivity contribution in [1.82, 2.24) is 4.98 Å². The normalized spacial score (nSPS) is 11.4. The number of anilines is 1. The molecule has 5 aromatic rings. The Morgan fingerprint density at radius 2 is 1.47 bits per heavy atom. The number of benzene rings is 3. The molecule has 0 aliphatic heterocycles. The van der Waals surface area contributed by atoms with Crippen molar-refractivity contribution in [2.45, 2.75) is 0 Å². The lowest BCUT2D eigenvalue weighted by molar-refractivity contribution is 0.0998. The summed E-state index contributed by atoms with van der Waals surface area (Å²) in [6.07, 6.45) is 0. The quantitative estimate of drug-likeness (QED) is 0.205. The second kappa shape index (κ2) is 7.19. The first-order valence-corrected chi connectivity index (χ1v) is 9.06. The van der Waals surface area contributed by atoms with Crippen LogP contribution in [-0.2, 0) is 0 Å². The molecule has 5 rings (SSSR count). The van der Waals surface area contributed by atoms with Crippen molar-refractivity contribution >= 4 is 33.7 Å². The van der Waals surface area contributed by atoms with Gasteiger partial charge in [0.1, 0.15) is 16.7 Å². The Balaban J connectivity index is 1.49. The van der Waals surface area contributed by atoms with Crippen molar-refractivity contribution in [2.75, 3.05) is 5.32 Å². The van der Waals surface area contributed by atoms with Crippen molar-refractivity contribution in [3.8, 4) is 11.5 Å². The monoisotopic (exact) mass is 444 g/mol. The fourth-order valence-electron chi connectivity index (χ4n) is 3.19. The zero-order chi connectivity index (χ0) is 22.6. The van der Waals surface area contributed by atoms with Crippen LogP contribution in [0.15, 0.2) is 57.4 Å². The number of para-hydroxylation sites is 1. The van der Waals surface area contributed by atoms with Crippen LogP contribution < -0.4 is 5.32 Å². The minimum atomic E-state index is -2.28. The smallest absolute Gasteiger partial charge is 0.291 e. The van der Waals surface area contributed by atoms with Gasteiger partial charge in [0.05, 0.1) is 0 Å². The molecule has 0 spiro atoms. The van der Waals surface area contributed by atoms with Crippen LogP contribution in [0.5, 0.6) is 0 Å². The largest absolute Gasteiger partial charge is 0.451 e. The molecule has 32 heavy (non-hydrogen) atoms. The summed E-state index contributed by atoms with van der Waals surface area (Å²) in [6, 6.07) is 12.6. The number of hydrogen-bond acceptors (Lipinski definition) is 4. The first-order chi connectivity index (χ1) is 15.3. The molecule has 0 aliphatic rings. The molecule has 2 aromatic heterocycles. The summed E-state index contributed by atoms with van der Waals surface area (Å²) < 4.78 is 79.0. The summed E-state index contributed by atoms with van der Waals surface area (Å²) in [5.41, 5.74) is -0.500. The van der Waals surface area contributed by atoms with E-state index in [0.29, 0.717) is 5.58 Å². The van der Waals surface area contributed by atoms with Crippen LogP contribution in [0.25, 0.3) is 33.5 Å². The van der Waals surface area contributed by atoms with E-state index in [0.717, 1.165) is 5.39 Å². The minimum absolute atomic E-state index is 0.00526. The maximum Gasteiger partial charge on any atom is 0.291 e. The Labute approximate surface area is 175 Å². The van der Waals surface area contributed by atoms with E-state index in [1.54, 1.807) is 30.3 Å². The molecule has 0 radical (unpaired) electrons. The second-order valence-electron chi connectivity index (χ2n) is 6.75. The van der Waals surface area contributed by atoms with Crippen LogP contribution in [0.3, 0.4) is 0 Å². The number of halogens is 5. The van der Waals surface area contributed by atoms with Gasteiger partial charge >= 0.3 is 0 Å². The highest BCUT2D eigenvalue weighted by molar-refractivity contribution is 6.05. The van der Waals surface area contributed by atoms with E-state index in [4.69, 9.17) is 8.83 Å². The Bertz CT molecular complexity index is 1480. The number of hydrogen-bond donors (Lipinski definition) is 1. The van der Waals surface area contributed by atoms with Crippen molar-refractivity contribution in [2.24, 2.45) is 0 Å². The van der Waals surface area contributed by atoms with Crippen LogP contribution in [0.4, 0.5) is 27.6 Å². The number of fused-ring (bicyclic) bond motifs is 2. The van der Waals surface area contributed by atoms with Gasteiger partial charge < -0.3 is 14.2 Å². The lowest BCUT2D eigenvalue weighted by atomic mass is 10.1. The lowest BCUT2D eigenvalue weighted by Crippen LogP contribution is -2.10. The zero-order valence-electron chi connectivity index (χ0n) is 15.7. The molecule has 0 unspecified atom stereocenters. The molecular weight excluding hydrogens is 435 g/mol. The van der Waals surface area contributed by atoms with Crippen LogP contribution in [0.2, 0.25) is 0 Å². The molecule has 5 nitrogen and oxygen atoms in total. The highest BCUT2D eigenvalue weighted by Crippen LogP contribution is 2.33. The van der Waals surface area contributed by atoms with Crippen LogP contribution >= 0.6 is 0 Å². The van der Waals surface area contributed by atoms with Gasteiger partial charge in [-0.05, 0) is 30.3 Å². The third-order valence-electron chi connectivity index (χ3n) is 4.72. The number of carbonyl (C=O) groups is 1. The first kappa shape index (κ1) is 19.7. The third kappa shape index (κ3) is 3.08. The van der Waals surface area contributed by atoms with Crippen LogP contribution in [0, 0.1) is 29.1 Å². The summed E-state index contributed by atoms with van der Waals surface area (Å²) in [7, 11) is 0. The van der Waals surface area contributed by atoms with E-state index in [2.05, 4.69) is 10.3 Å². The molecule has 0 saturated heterocycles. The van der Waals surface area contributed by atoms with E-state index in [9.17, 15) is 26.7 Å². The molecule has 0 bridgehead atoms. The third-order valence-corrected chi connectivity index (χ3v) is 4.72. The molecular formula is C22H9F5N2O3. The van der Waals surface area contributed by atoms with Crippen molar-refractivity contribution in [1.29, 1.82) is 0 Å². The summed E-state index contributed by atoms with van der Waals surface area (Å²) in [5, 5.41) is 3.31. The predicted octanol–water partition coefficient (Wildman–Crippen LogP) is 6.19. The molecule has 10 heteroatoms. The van der Waals surface area contributed by atoms with Gasteiger partial charge in [-0.1, -0.05) is 18.2 Å². The standard InChI is InChI=1S/C22H9F5N2O3/c23-16-15(17(24)19(26)20(27)18(16)25)22-29-11-8-10(5-6-13(11)32-22)28-21(30)14-7-9-3-1-2-4-12(9)31-14/h1-8H,(H,28,30). The maximum absolute atomic E-state index is 14.1. The number of furan rings is 1. The molecule has 0 atom stereocenters. The number of nitrogens with one attached hydrogen (secondary N) is 1. The molecule has 0 fully saturated rings. The van der Waals surface area contributed by atoms with E-state index >= 15 is 0 Å². The average Bonchev–Trinajstić information content (AvgIpc) is 3.40. The van der Waals surface area contributed by atoms with Crippen molar-refractivity contribution < 1.29 is 35.6 Å². The molecule has 3 aromatic carbocycles. The van der Waals surface area contributed by atoms with Gasteiger partial charge in [0.25, 0.3) is 5.91 Å². The van der Waals surface area contributed by atoms with Gasteiger partial charge in [-0.3, -0.25) is 4.79 Å². The van der Waals surface area contributed by atoms with Gasteiger partial charge in [0.15, 0.2) is 34.6 Å². The highest BCUT2D eigenvalue weighted by atomic mass is 19.2. The van der Waals surface area contributed by atoms with Gasteiger partial charge in [-0.2, -0.15) is 0 Å². The van der Waals surface area contributed by atoms with Crippen molar-refractivity contribution in [3.05, 3.63) is 83.4 Å². The van der Waals surface area contributed by atoms with Crippen LogP contribution in [0.1, 0.15) is 10.6 Å². The fourth-order valence-corrected chi connectivity index (χ4v) is 3.19. The maximum atomic E-state index is 14.1. The number of rotatable bonds is 3. The number of oxazole rings is 1. The molecule has 2 heterocycles. The molecule has 0 saturated carbocycles. The Hall–Kier alpha value is -4.21. The minimum Gasteiger partial charge on any atom is -0.451 e. The van der Waals surface area contributed by atoms with Gasteiger partial charge in [-0.25, -0.2) is 26.9 Å². The first-order valence-electron chi connectivity index (χ1n) is 9.06. The topological polar surface area (TPSA) is 68.3 Å². The summed E-state index contributed by atoms with van der Waals surface area (Å²) in [4.78, 5) is 16.3.